The number of fused-ring (bicyclic) bond motifs is 1. The van der Waals surface area contributed by atoms with Crippen LogP contribution in [0.25, 0.3) is 22.7 Å². The monoisotopic (exact) mass is 495 g/mol. The number of hydrogen-bond acceptors (Lipinski definition) is 5. The molecule has 9 heteroatoms. The van der Waals surface area contributed by atoms with Crippen LogP contribution in [0.15, 0.2) is 72.9 Å². The standard InChI is InChI=1S/C28H25N5O4/c1-17(18-7-9-21(10-8-18)33-13-14-37-28(33)36)27(35)32-24-12-11-22-20(16-30-26(22)31-24)15-23(25(29)34)19-5-3-2-4-6-19/h2-12,15-17H,13-14H2,1H3,(H2,29,34)(H2,30,31,32,35). The lowest BCUT2D eigenvalue weighted by atomic mass is 10.00. The first-order valence-corrected chi connectivity index (χ1v) is 11.8. The maximum atomic E-state index is 12.9. The van der Waals surface area contributed by atoms with E-state index in [1.165, 1.54) is 0 Å². The van der Waals surface area contributed by atoms with Gasteiger partial charge >= 0.3 is 6.09 Å². The van der Waals surface area contributed by atoms with Gasteiger partial charge in [-0.15, -0.1) is 0 Å². The van der Waals surface area contributed by atoms with Gasteiger partial charge in [0, 0.05) is 28.4 Å². The number of cyclic esters (lactones) is 1. The van der Waals surface area contributed by atoms with Crippen molar-refractivity contribution in [3.05, 3.63) is 89.6 Å². The largest absolute Gasteiger partial charge is 0.447 e. The van der Waals surface area contributed by atoms with E-state index in [0.29, 0.717) is 30.2 Å². The van der Waals surface area contributed by atoms with E-state index in [9.17, 15) is 14.4 Å². The molecule has 3 amide bonds. The molecule has 1 unspecified atom stereocenters. The Kier molecular flexibility index (Phi) is 6.42. The van der Waals surface area contributed by atoms with Gasteiger partial charge in [0.2, 0.25) is 11.8 Å². The molecule has 4 aromatic rings. The fourth-order valence-electron chi connectivity index (χ4n) is 4.24. The summed E-state index contributed by atoms with van der Waals surface area (Å²) < 4.78 is 4.97. The van der Waals surface area contributed by atoms with E-state index in [1.807, 2.05) is 48.5 Å². The number of carbonyl (C=O) groups excluding carboxylic acids is 3. The Labute approximate surface area is 212 Å². The van der Waals surface area contributed by atoms with E-state index in [-0.39, 0.29) is 12.0 Å². The van der Waals surface area contributed by atoms with Gasteiger partial charge in [0.15, 0.2) is 0 Å². The fraction of sp³-hybridized carbons (Fsp3) is 0.143. The molecule has 186 valence electrons. The molecule has 3 heterocycles. The summed E-state index contributed by atoms with van der Waals surface area (Å²) in [5.41, 5.74) is 9.60. The van der Waals surface area contributed by atoms with Gasteiger partial charge in [0.25, 0.3) is 0 Å². The highest BCUT2D eigenvalue weighted by molar-refractivity contribution is 6.24. The third-order valence-corrected chi connectivity index (χ3v) is 6.33. The van der Waals surface area contributed by atoms with Gasteiger partial charge in [-0.3, -0.25) is 14.5 Å². The lowest BCUT2D eigenvalue weighted by Gasteiger charge is -2.15. The summed E-state index contributed by atoms with van der Waals surface area (Å²) in [4.78, 5) is 45.9. The highest BCUT2D eigenvalue weighted by Gasteiger charge is 2.24. The zero-order valence-corrected chi connectivity index (χ0v) is 20.1. The van der Waals surface area contributed by atoms with Gasteiger partial charge in [0.05, 0.1) is 12.5 Å². The Morgan fingerprint density at radius 3 is 2.54 bits per heavy atom. The van der Waals surface area contributed by atoms with Crippen LogP contribution in [0.1, 0.15) is 29.5 Å². The van der Waals surface area contributed by atoms with E-state index in [2.05, 4.69) is 15.3 Å². The highest BCUT2D eigenvalue weighted by atomic mass is 16.6. The van der Waals surface area contributed by atoms with Crippen molar-refractivity contribution in [1.82, 2.24) is 9.97 Å². The molecule has 1 aliphatic heterocycles. The van der Waals surface area contributed by atoms with Gasteiger partial charge < -0.3 is 20.8 Å². The quantitative estimate of drug-likeness (QED) is 0.329. The van der Waals surface area contributed by atoms with E-state index in [4.69, 9.17) is 10.5 Å². The minimum absolute atomic E-state index is 0.216. The van der Waals surface area contributed by atoms with Crippen molar-refractivity contribution in [1.29, 1.82) is 0 Å². The van der Waals surface area contributed by atoms with Crippen LogP contribution in [0.5, 0.6) is 0 Å². The Morgan fingerprint density at radius 2 is 1.86 bits per heavy atom. The molecule has 9 nitrogen and oxygen atoms in total. The number of nitrogens with zero attached hydrogens (tertiary/aromatic N) is 2. The van der Waals surface area contributed by atoms with Crippen molar-refractivity contribution in [2.45, 2.75) is 12.8 Å². The molecular formula is C28H25N5O4. The average molecular weight is 496 g/mol. The summed E-state index contributed by atoms with van der Waals surface area (Å²) >= 11 is 0. The maximum Gasteiger partial charge on any atom is 0.414 e. The number of nitrogens with two attached hydrogens (primary N) is 1. The molecule has 0 radical (unpaired) electrons. The van der Waals surface area contributed by atoms with Gasteiger partial charge in [-0.2, -0.15) is 0 Å². The van der Waals surface area contributed by atoms with Crippen molar-refractivity contribution in [3.63, 3.8) is 0 Å². The number of primary amides is 1. The van der Waals surface area contributed by atoms with Crippen molar-refractivity contribution >= 4 is 52.1 Å². The van der Waals surface area contributed by atoms with E-state index < -0.39 is 11.8 Å². The number of pyridine rings is 1. The molecule has 0 saturated carbocycles. The lowest BCUT2D eigenvalue weighted by Crippen LogP contribution is -2.23. The zero-order chi connectivity index (χ0) is 25.9. The Bertz CT molecular complexity index is 1510. The summed E-state index contributed by atoms with van der Waals surface area (Å²) in [5.74, 6) is -0.786. The minimum Gasteiger partial charge on any atom is -0.447 e. The number of benzene rings is 2. The molecule has 1 atom stereocenters. The fourth-order valence-corrected chi connectivity index (χ4v) is 4.24. The van der Waals surface area contributed by atoms with Gasteiger partial charge in [-0.1, -0.05) is 42.5 Å². The number of rotatable bonds is 7. The summed E-state index contributed by atoms with van der Waals surface area (Å²) in [7, 11) is 0. The molecule has 4 N–H and O–H groups in total. The predicted octanol–water partition coefficient (Wildman–Crippen LogP) is 4.29. The van der Waals surface area contributed by atoms with Crippen molar-refractivity contribution in [2.24, 2.45) is 5.73 Å². The second-order valence-electron chi connectivity index (χ2n) is 8.69. The van der Waals surface area contributed by atoms with Crippen molar-refractivity contribution < 1.29 is 19.1 Å². The summed E-state index contributed by atoms with van der Waals surface area (Å²) in [6.45, 7) is 2.68. The summed E-state index contributed by atoms with van der Waals surface area (Å²) in [5, 5.41) is 3.65. The molecule has 1 aliphatic rings. The summed E-state index contributed by atoms with van der Waals surface area (Å²) in [6.07, 6.45) is 3.10. The van der Waals surface area contributed by atoms with Crippen LogP contribution in [0.3, 0.4) is 0 Å². The Morgan fingerprint density at radius 1 is 1.11 bits per heavy atom. The van der Waals surface area contributed by atoms with Crippen LogP contribution in [-0.4, -0.2) is 41.0 Å². The summed E-state index contributed by atoms with van der Waals surface area (Å²) in [6, 6.07) is 20.0. The van der Waals surface area contributed by atoms with E-state index >= 15 is 0 Å². The Balaban J connectivity index is 1.32. The van der Waals surface area contributed by atoms with Crippen LogP contribution >= 0.6 is 0 Å². The van der Waals surface area contributed by atoms with Crippen LogP contribution in [0.4, 0.5) is 16.3 Å². The molecule has 2 aromatic carbocycles. The molecule has 1 saturated heterocycles. The number of amides is 3. The van der Waals surface area contributed by atoms with Crippen LogP contribution < -0.4 is 16.0 Å². The lowest BCUT2D eigenvalue weighted by molar-refractivity contribution is -0.117. The molecule has 0 bridgehead atoms. The van der Waals surface area contributed by atoms with Gasteiger partial charge in [0.1, 0.15) is 18.1 Å². The van der Waals surface area contributed by atoms with Crippen LogP contribution in [0, 0.1) is 0 Å². The second-order valence-corrected chi connectivity index (χ2v) is 8.69. The van der Waals surface area contributed by atoms with Gasteiger partial charge in [-0.25, -0.2) is 9.78 Å². The normalized spacial score (nSPS) is 14.5. The number of aromatic amines is 1. The van der Waals surface area contributed by atoms with E-state index in [0.717, 1.165) is 27.8 Å². The first-order chi connectivity index (χ1) is 17.9. The van der Waals surface area contributed by atoms with E-state index in [1.54, 1.807) is 42.3 Å². The zero-order valence-electron chi connectivity index (χ0n) is 20.1. The predicted molar refractivity (Wildman–Crippen MR) is 142 cm³/mol. The molecule has 37 heavy (non-hydrogen) atoms. The highest BCUT2D eigenvalue weighted by Crippen LogP contribution is 2.26. The third kappa shape index (κ3) is 4.92. The second kappa shape index (κ2) is 9.98. The molecule has 2 aromatic heterocycles. The number of aromatic nitrogens is 2. The minimum atomic E-state index is -0.528. The number of ether oxygens (including phenoxy) is 1. The SMILES string of the molecule is CC(C(=O)Nc1ccc2c(C=C(C(N)=O)c3ccccc3)c[nH]c2n1)c1ccc(N2CCOC2=O)cc1. The number of anilines is 2. The molecule has 5 rings (SSSR count). The number of nitrogens with one attached hydrogen (secondary N) is 2. The topological polar surface area (TPSA) is 130 Å². The van der Waals surface area contributed by atoms with Crippen LogP contribution in [0.2, 0.25) is 0 Å². The molecule has 1 fully saturated rings. The molecular weight excluding hydrogens is 470 g/mol. The van der Waals surface area contributed by atoms with Crippen LogP contribution in [-0.2, 0) is 14.3 Å². The van der Waals surface area contributed by atoms with Crippen molar-refractivity contribution in [3.8, 4) is 0 Å². The van der Waals surface area contributed by atoms with Crippen molar-refractivity contribution in [2.75, 3.05) is 23.4 Å². The first kappa shape index (κ1) is 23.8. The number of hydrogen-bond donors (Lipinski definition) is 3. The average Bonchev–Trinajstić information content (AvgIpc) is 3.52. The molecule has 0 spiro atoms. The first-order valence-electron chi connectivity index (χ1n) is 11.8. The third-order valence-electron chi connectivity index (χ3n) is 6.33. The van der Waals surface area contributed by atoms with Gasteiger partial charge in [-0.05, 0) is 48.4 Å². The molecule has 0 aliphatic carbocycles. The Hall–Kier alpha value is -4.92. The smallest absolute Gasteiger partial charge is 0.414 e. The number of carbonyl (C=O) groups is 3. The maximum absolute atomic E-state index is 12.9. The number of H-pyrrole nitrogens is 1.